The molecular weight excluding hydrogens is 274 g/mol. The van der Waals surface area contributed by atoms with Gasteiger partial charge in [-0.25, -0.2) is 4.98 Å². The van der Waals surface area contributed by atoms with Gasteiger partial charge in [0.1, 0.15) is 5.82 Å². The van der Waals surface area contributed by atoms with Crippen LogP contribution in [0.25, 0.3) is 0 Å². The number of hydrogen-bond acceptors (Lipinski definition) is 4. The van der Waals surface area contributed by atoms with Crippen molar-refractivity contribution in [1.29, 1.82) is 0 Å². The van der Waals surface area contributed by atoms with Crippen molar-refractivity contribution in [2.24, 2.45) is 0 Å². The number of ether oxygens (including phenoxy) is 1. The largest absolute Gasteiger partial charge is 0.377 e. The highest BCUT2D eigenvalue weighted by Gasteiger charge is 2.18. The van der Waals surface area contributed by atoms with Crippen LogP contribution in [0, 0.1) is 0 Å². The molecule has 0 saturated carbocycles. The minimum atomic E-state index is 0.223. The Bertz CT molecular complexity index is 428. The van der Waals surface area contributed by atoms with Gasteiger partial charge in [-0.05, 0) is 37.9 Å². The number of hydrogen-bond donors (Lipinski definition) is 1. The molecule has 1 fully saturated rings. The molecule has 0 amide bonds. The van der Waals surface area contributed by atoms with Crippen molar-refractivity contribution in [3.05, 3.63) is 22.8 Å². The third kappa shape index (κ3) is 4.33. The highest BCUT2D eigenvalue weighted by molar-refractivity contribution is 6.33. The maximum absolute atomic E-state index is 6.40. The van der Waals surface area contributed by atoms with Crippen molar-refractivity contribution in [3.63, 3.8) is 0 Å². The van der Waals surface area contributed by atoms with E-state index in [1.54, 1.807) is 0 Å². The zero-order valence-electron chi connectivity index (χ0n) is 12.4. The van der Waals surface area contributed by atoms with Gasteiger partial charge in [0.2, 0.25) is 0 Å². The van der Waals surface area contributed by atoms with E-state index in [4.69, 9.17) is 16.3 Å². The molecule has 1 N–H and O–H groups in total. The molecule has 0 radical (unpaired) electrons. The monoisotopic (exact) mass is 297 g/mol. The zero-order valence-corrected chi connectivity index (χ0v) is 13.1. The van der Waals surface area contributed by atoms with Crippen molar-refractivity contribution in [2.75, 3.05) is 31.1 Å². The first kappa shape index (κ1) is 15.5. The zero-order chi connectivity index (χ0) is 14.4. The van der Waals surface area contributed by atoms with Gasteiger partial charge in [-0.1, -0.05) is 18.5 Å². The van der Waals surface area contributed by atoms with Gasteiger partial charge < -0.3 is 15.0 Å². The third-order valence-electron chi connectivity index (χ3n) is 3.39. The van der Waals surface area contributed by atoms with Crippen LogP contribution < -0.4 is 10.2 Å². The summed E-state index contributed by atoms with van der Waals surface area (Å²) in [7, 11) is 0. The summed E-state index contributed by atoms with van der Waals surface area (Å²) in [6.45, 7) is 8.69. The number of nitrogens with zero attached hydrogens (tertiary/aromatic N) is 2. The topological polar surface area (TPSA) is 37.4 Å². The average molecular weight is 298 g/mol. The number of halogens is 1. The van der Waals surface area contributed by atoms with Gasteiger partial charge in [0.05, 0.1) is 11.1 Å². The van der Waals surface area contributed by atoms with Gasteiger partial charge in [-0.2, -0.15) is 0 Å². The van der Waals surface area contributed by atoms with Gasteiger partial charge in [0, 0.05) is 32.4 Å². The van der Waals surface area contributed by atoms with E-state index in [9.17, 15) is 0 Å². The summed E-state index contributed by atoms with van der Waals surface area (Å²) in [5, 5.41) is 4.09. The molecule has 0 aromatic carbocycles. The van der Waals surface area contributed by atoms with Crippen LogP contribution in [-0.2, 0) is 11.3 Å². The molecule has 5 heteroatoms. The van der Waals surface area contributed by atoms with E-state index in [0.717, 1.165) is 62.0 Å². The fourth-order valence-corrected chi connectivity index (χ4v) is 2.70. The Morgan fingerprint density at radius 2 is 2.40 bits per heavy atom. The van der Waals surface area contributed by atoms with Crippen molar-refractivity contribution in [2.45, 2.75) is 39.3 Å². The lowest BCUT2D eigenvalue weighted by Gasteiger charge is -2.24. The fourth-order valence-electron chi connectivity index (χ4n) is 2.40. The molecule has 4 nitrogen and oxygen atoms in total. The molecule has 2 heterocycles. The van der Waals surface area contributed by atoms with Crippen LogP contribution in [0.2, 0.25) is 5.02 Å². The Morgan fingerprint density at radius 1 is 1.55 bits per heavy atom. The Labute approximate surface area is 126 Å². The number of nitrogens with one attached hydrogen (secondary N) is 1. The van der Waals surface area contributed by atoms with Crippen LogP contribution >= 0.6 is 11.6 Å². The molecule has 0 bridgehead atoms. The SMILES string of the molecule is CCCNCc1cnc(N2CCCOC(C)C2)c(Cl)c1. The van der Waals surface area contributed by atoms with E-state index in [1.807, 2.05) is 12.3 Å². The van der Waals surface area contributed by atoms with Crippen LogP contribution in [0.4, 0.5) is 5.82 Å². The normalized spacial score (nSPS) is 19.9. The van der Waals surface area contributed by atoms with Gasteiger partial charge in [-0.3, -0.25) is 0 Å². The van der Waals surface area contributed by atoms with Crippen LogP contribution in [0.15, 0.2) is 12.3 Å². The van der Waals surface area contributed by atoms with E-state index in [1.165, 1.54) is 0 Å². The molecule has 1 aliphatic heterocycles. The minimum Gasteiger partial charge on any atom is -0.377 e. The standard InChI is InChI=1S/C15H24ClN3O/c1-3-5-17-9-13-8-14(16)15(18-10-13)19-6-4-7-20-12(2)11-19/h8,10,12,17H,3-7,9,11H2,1-2H3. The van der Waals surface area contributed by atoms with Crippen molar-refractivity contribution >= 4 is 17.4 Å². The highest BCUT2D eigenvalue weighted by atomic mass is 35.5. The van der Waals surface area contributed by atoms with E-state index in [2.05, 4.69) is 29.0 Å². The molecule has 2 rings (SSSR count). The van der Waals surface area contributed by atoms with Crippen LogP contribution in [0.3, 0.4) is 0 Å². The van der Waals surface area contributed by atoms with Gasteiger partial charge >= 0.3 is 0 Å². The lowest BCUT2D eigenvalue weighted by Crippen LogP contribution is -2.31. The smallest absolute Gasteiger partial charge is 0.147 e. The van der Waals surface area contributed by atoms with E-state index < -0.39 is 0 Å². The first-order chi connectivity index (χ1) is 9.70. The van der Waals surface area contributed by atoms with E-state index in [-0.39, 0.29) is 6.10 Å². The molecule has 112 valence electrons. The lowest BCUT2D eigenvalue weighted by molar-refractivity contribution is 0.0820. The Balaban J connectivity index is 2.04. The summed E-state index contributed by atoms with van der Waals surface area (Å²) < 4.78 is 5.66. The van der Waals surface area contributed by atoms with Gasteiger partial charge in [-0.15, -0.1) is 0 Å². The second kappa shape index (κ2) is 7.81. The Morgan fingerprint density at radius 3 is 3.15 bits per heavy atom. The average Bonchev–Trinajstić information content (AvgIpc) is 2.64. The van der Waals surface area contributed by atoms with Crippen molar-refractivity contribution in [3.8, 4) is 0 Å². The van der Waals surface area contributed by atoms with Crippen LogP contribution in [-0.4, -0.2) is 37.3 Å². The molecule has 1 atom stereocenters. The van der Waals surface area contributed by atoms with Crippen LogP contribution in [0.1, 0.15) is 32.3 Å². The first-order valence-electron chi connectivity index (χ1n) is 7.42. The maximum atomic E-state index is 6.40. The second-order valence-electron chi connectivity index (χ2n) is 5.31. The minimum absolute atomic E-state index is 0.223. The van der Waals surface area contributed by atoms with Gasteiger partial charge in [0.15, 0.2) is 0 Å². The first-order valence-corrected chi connectivity index (χ1v) is 7.80. The van der Waals surface area contributed by atoms with Crippen LogP contribution in [0.5, 0.6) is 0 Å². The lowest BCUT2D eigenvalue weighted by atomic mass is 10.2. The maximum Gasteiger partial charge on any atom is 0.147 e. The third-order valence-corrected chi connectivity index (χ3v) is 3.66. The summed E-state index contributed by atoms with van der Waals surface area (Å²) in [6, 6.07) is 2.02. The molecule has 20 heavy (non-hydrogen) atoms. The van der Waals surface area contributed by atoms with Crippen molar-refractivity contribution in [1.82, 2.24) is 10.3 Å². The molecule has 0 spiro atoms. The summed E-state index contributed by atoms with van der Waals surface area (Å²) in [6.07, 6.45) is 4.29. The molecule has 1 aliphatic rings. The molecule has 1 aromatic rings. The fraction of sp³-hybridized carbons (Fsp3) is 0.667. The van der Waals surface area contributed by atoms with Gasteiger partial charge in [0.25, 0.3) is 0 Å². The predicted octanol–water partition coefficient (Wildman–Crippen LogP) is 2.85. The molecular formula is C15H24ClN3O. The summed E-state index contributed by atoms with van der Waals surface area (Å²) >= 11 is 6.40. The molecule has 0 aliphatic carbocycles. The highest BCUT2D eigenvalue weighted by Crippen LogP contribution is 2.25. The summed E-state index contributed by atoms with van der Waals surface area (Å²) in [4.78, 5) is 6.78. The number of anilines is 1. The summed E-state index contributed by atoms with van der Waals surface area (Å²) in [5.41, 5.74) is 1.13. The van der Waals surface area contributed by atoms with Crippen molar-refractivity contribution < 1.29 is 4.74 Å². The Kier molecular flexibility index (Phi) is 6.07. The number of pyridine rings is 1. The Hall–Kier alpha value is -0.840. The van der Waals surface area contributed by atoms with E-state index in [0.29, 0.717) is 0 Å². The predicted molar refractivity (Wildman–Crippen MR) is 83.5 cm³/mol. The van der Waals surface area contributed by atoms with E-state index >= 15 is 0 Å². The second-order valence-corrected chi connectivity index (χ2v) is 5.71. The molecule has 1 aromatic heterocycles. The molecule has 1 saturated heterocycles. The number of rotatable bonds is 5. The quantitative estimate of drug-likeness (QED) is 0.848. The molecule has 1 unspecified atom stereocenters. The summed E-state index contributed by atoms with van der Waals surface area (Å²) in [5.74, 6) is 0.878. The number of aromatic nitrogens is 1.